The van der Waals surface area contributed by atoms with Crippen LogP contribution in [-0.2, 0) is 20.7 Å². The van der Waals surface area contributed by atoms with E-state index in [1.54, 1.807) is 0 Å². The van der Waals surface area contributed by atoms with E-state index in [1.165, 1.54) is 25.0 Å². The molecule has 1 aromatic carbocycles. The van der Waals surface area contributed by atoms with Gasteiger partial charge < -0.3 is 9.47 Å². The summed E-state index contributed by atoms with van der Waals surface area (Å²) in [6, 6.07) is 6.18. The van der Waals surface area contributed by atoms with Gasteiger partial charge in [-0.05, 0) is 79.0 Å². The van der Waals surface area contributed by atoms with Crippen LogP contribution in [0.5, 0.6) is 5.75 Å². The monoisotopic (exact) mass is 370 g/mol. The zero-order chi connectivity index (χ0) is 19.3. The molecule has 0 radical (unpaired) electrons. The van der Waals surface area contributed by atoms with Gasteiger partial charge in [-0.15, -0.1) is 0 Å². The van der Waals surface area contributed by atoms with Crippen LogP contribution in [0.15, 0.2) is 18.2 Å². The van der Waals surface area contributed by atoms with E-state index >= 15 is 0 Å². The third-order valence-corrected chi connectivity index (χ3v) is 7.53. The maximum Gasteiger partial charge on any atom is 0.308 e. The third-order valence-electron chi connectivity index (χ3n) is 7.53. The van der Waals surface area contributed by atoms with Crippen molar-refractivity contribution in [1.29, 1.82) is 0 Å². The van der Waals surface area contributed by atoms with Crippen molar-refractivity contribution in [3.63, 3.8) is 0 Å². The molecule has 3 aliphatic carbocycles. The van der Waals surface area contributed by atoms with Gasteiger partial charge in [0.25, 0.3) is 0 Å². The van der Waals surface area contributed by atoms with Gasteiger partial charge in [0, 0.05) is 19.3 Å². The fourth-order valence-corrected chi connectivity index (χ4v) is 6.53. The van der Waals surface area contributed by atoms with Gasteiger partial charge in [-0.1, -0.05) is 19.9 Å². The number of benzene rings is 1. The second-order valence-electron chi connectivity index (χ2n) is 9.15. The summed E-state index contributed by atoms with van der Waals surface area (Å²) >= 11 is 0. The molecule has 0 N–H and O–H groups in total. The van der Waals surface area contributed by atoms with Crippen molar-refractivity contribution in [2.75, 3.05) is 0 Å². The molecular weight excluding hydrogens is 340 g/mol. The number of carbonyl (C=O) groups is 2. The van der Waals surface area contributed by atoms with Crippen molar-refractivity contribution in [2.45, 2.75) is 71.8 Å². The zero-order valence-electron chi connectivity index (χ0n) is 16.8. The molecular formula is C23H30O4. The summed E-state index contributed by atoms with van der Waals surface area (Å²) in [5.74, 6) is 2.62. The highest BCUT2D eigenvalue weighted by atomic mass is 16.5. The van der Waals surface area contributed by atoms with Gasteiger partial charge in [-0.2, -0.15) is 0 Å². The number of rotatable bonds is 2. The van der Waals surface area contributed by atoms with Crippen LogP contribution in [-0.4, -0.2) is 18.0 Å². The van der Waals surface area contributed by atoms with Crippen LogP contribution in [0.2, 0.25) is 0 Å². The molecule has 0 aliphatic heterocycles. The summed E-state index contributed by atoms with van der Waals surface area (Å²) in [4.78, 5) is 22.9. The third kappa shape index (κ3) is 3.07. The van der Waals surface area contributed by atoms with Crippen molar-refractivity contribution < 1.29 is 19.1 Å². The predicted molar refractivity (Wildman–Crippen MR) is 102 cm³/mol. The molecule has 0 amide bonds. The molecule has 0 aromatic heterocycles. The van der Waals surface area contributed by atoms with Crippen molar-refractivity contribution in [1.82, 2.24) is 0 Å². The van der Waals surface area contributed by atoms with E-state index in [0.717, 1.165) is 32.1 Å². The summed E-state index contributed by atoms with van der Waals surface area (Å²) in [6.45, 7) is 7.69. The van der Waals surface area contributed by atoms with Gasteiger partial charge in [0.2, 0.25) is 0 Å². The van der Waals surface area contributed by atoms with Crippen molar-refractivity contribution in [2.24, 2.45) is 23.2 Å². The Bertz CT molecular complexity index is 770. The maximum absolute atomic E-state index is 11.6. The topological polar surface area (TPSA) is 52.6 Å². The van der Waals surface area contributed by atoms with E-state index < -0.39 is 0 Å². The number of hydrogen-bond acceptors (Lipinski definition) is 4. The highest BCUT2D eigenvalue weighted by Gasteiger charge is 2.57. The molecule has 0 spiro atoms. The Labute approximate surface area is 161 Å². The average molecular weight is 370 g/mol. The molecule has 4 rings (SSSR count). The van der Waals surface area contributed by atoms with Gasteiger partial charge in [-0.25, -0.2) is 0 Å². The Morgan fingerprint density at radius 1 is 1.11 bits per heavy atom. The lowest BCUT2D eigenvalue weighted by Gasteiger charge is -2.52. The van der Waals surface area contributed by atoms with Crippen molar-refractivity contribution in [3.05, 3.63) is 29.3 Å². The summed E-state index contributed by atoms with van der Waals surface area (Å²) in [7, 11) is 0. The minimum atomic E-state index is -0.271. The summed E-state index contributed by atoms with van der Waals surface area (Å²) in [5, 5.41) is 0. The Balaban J connectivity index is 1.63. The van der Waals surface area contributed by atoms with Gasteiger partial charge >= 0.3 is 11.9 Å². The molecule has 4 heteroatoms. The largest absolute Gasteiger partial charge is 0.462 e. The molecule has 2 saturated carbocycles. The first-order valence-corrected chi connectivity index (χ1v) is 10.3. The average Bonchev–Trinajstić information content (AvgIpc) is 2.90. The molecule has 6 atom stereocenters. The first-order chi connectivity index (χ1) is 12.8. The molecule has 0 unspecified atom stereocenters. The molecule has 27 heavy (non-hydrogen) atoms. The number of carbonyl (C=O) groups excluding carboxylic acids is 2. The van der Waals surface area contributed by atoms with Gasteiger partial charge in [-0.3, -0.25) is 9.59 Å². The van der Waals surface area contributed by atoms with E-state index in [0.29, 0.717) is 29.4 Å². The highest BCUT2D eigenvalue weighted by Crippen LogP contribution is 2.62. The summed E-state index contributed by atoms with van der Waals surface area (Å²) < 4.78 is 11.0. The molecule has 146 valence electrons. The fourth-order valence-electron chi connectivity index (χ4n) is 6.53. The number of fused-ring (bicyclic) bond motifs is 5. The Morgan fingerprint density at radius 3 is 2.59 bits per heavy atom. The van der Waals surface area contributed by atoms with Crippen LogP contribution in [0.25, 0.3) is 0 Å². The Hall–Kier alpha value is -1.84. The van der Waals surface area contributed by atoms with E-state index in [1.807, 2.05) is 6.07 Å². The first-order valence-electron chi connectivity index (χ1n) is 10.3. The molecule has 4 nitrogen and oxygen atoms in total. The molecule has 0 saturated heterocycles. The van der Waals surface area contributed by atoms with Gasteiger partial charge in [0.05, 0.1) is 0 Å². The SMILES string of the molecule is CC(=O)Oc1ccc2c(c1)C[C@@H](C)[C@@H]1[C@@H]2CC[C@]2(C)[C@@H](OC(C)=O)CC[C@@H]12. The van der Waals surface area contributed by atoms with E-state index in [-0.39, 0.29) is 23.5 Å². The summed E-state index contributed by atoms with van der Waals surface area (Å²) in [5.41, 5.74) is 2.88. The molecule has 0 bridgehead atoms. The molecule has 3 aliphatic rings. The van der Waals surface area contributed by atoms with Crippen LogP contribution in [0.4, 0.5) is 0 Å². The van der Waals surface area contributed by atoms with Crippen LogP contribution in [0.3, 0.4) is 0 Å². The number of ether oxygens (including phenoxy) is 2. The van der Waals surface area contributed by atoms with Gasteiger partial charge in [0.15, 0.2) is 0 Å². The normalized spacial score (nSPS) is 37.0. The van der Waals surface area contributed by atoms with Crippen LogP contribution < -0.4 is 4.74 Å². The van der Waals surface area contributed by atoms with E-state index in [2.05, 4.69) is 26.0 Å². The quantitative estimate of drug-likeness (QED) is 0.562. The fraction of sp³-hybridized carbons (Fsp3) is 0.652. The van der Waals surface area contributed by atoms with Crippen LogP contribution in [0.1, 0.15) is 70.4 Å². The highest BCUT2D eigenvalue weighted by molar-refractivity contribution is 5.69. The number of esters is 2. The minimum absolute atomic E-state index is 0.0703. The Morgan fingerprint density at radius 2 is 1.89 bits per heavy atom. The lowest BCUT2D eigenvalue weighted by molar-refractivity contribution is -0.155. The van der Waals surface area contributed by atoms with E-state index in [4.69, 9.17) is 9.47 Å². The molecule has 1 aromatic rings. The zero-order valence-corrected chi connectivity index (χ0v) is 16.8. The van der Waals surface area contributed by atoms with Crippen LogP contribution in [0, 0.1) is 23.2 Å². The standard InChI is InChI=1S/C23H30O4/c1-13-11-16-12-17(26-14(2)24)5-6-18(16)19-9-10-23(4)20(22(13)19)7-8-21(23)27-15(3)25/h5-6,12-13,19-22H,7-11H2,1-4H3/t13-,19-,20+,21+,22-,23+/m1/s1. The predicted octanol–water partition coefficient (Wildman–Crippen LogP) is 4.65. The minimum Gasteiger partial charge on any atom is -0.462 e. The van der Waals surface area contributed by atoms with E-state index in [9.17, 15) is 9.59 Å². The maximum atomic E-state index is 11.6. The van der Waals surface area contributed by atoms with Crippen molar-refractivity contribution >= 4 is 11.9 Å². The lowest BCUT2D eigenvalue weighted by atomic mass is 9.53. The smallest absolute Gasteiger partial charge is 0.308 e. The molecule has 0 heterocycles. The second-order valence-corrected chi connectivity index (χ2v) is 9.15. The lowest BCUT2D eigenvalue weighted by Crippen LogP contribution is -2.47. The van der Waals surface area contributed by atoms with Crippen molar-refractivity contribution in [3.8, 4) is 5.75 Å². The second kappa shape index (κ2) is 6.65. The molecule has 2 fully saturated rings. The Kier molecular flexibility index (Phi) is 4.56. The van der Waals surface area contributed by atoms with Crippen LogP contribution >= 0.6 is 0 Å². The first kappa shape index (κ1) is 18.5. The number of hydrogen-bond donors (Lipinski definition) is 0. The summed E-state index contributed by atoms with van der Waals surface area (Å²) in [6.07, 6.45) is 5.49. The van der Waals surface area contributed by atoms with Gasteiger partial charge in [0.1, 0.15) is 11.9 Å².